The number of carbonyl (C=O) groups is 1. The molecule has 0 saturated carbocycles. The van der Waals surface area contributed by atoms with E-state index in [0.29, 0.717) is 18.7 Å². The Morgan fingerprint density at radius 3 is 2.72 bits per heavy atom. The van der Waals surface area contributed by atoms with E-state index in [1.165, 1.54) is 13.2 Å². The third-order valence-corrected chi connectivity index (χ3v) is 2.30. The lowest BCUT2D eigenvalue weighted by Gasteiger charge is -2.10. The fourth-order valence-electron chi connectivity index (χ4n) is 1.37. The van der Waals surface area contributed by atoms with Crippen LogP contribution in [0.4, 0.5) is 18.9 Å². The minimum Gasteiger partial charge on any atom is -0.469 e. The van der Waals surface area contributed by atoms with E-state index in [0.717, 1.165) is 12.1 Å². The highest BCUT2D eigenvalue weighted by molar-refractivity contribution is 5.69. The van der Waals surface area contributed by atoms with Gasteiger partial charge in [0.1, 0.15) is 0 Å². The second-order valence-corrected chi connectivity index (χ2v) is 3.69. The molecular formula is C12H14F3NO2. The molecule has 0 saturated heterocycles. The zero-order valence-corrected chi connectivity index (χ0v) is 9.88. The van der Waals surface area contributed by atoms with Gasteiger partial charge in [-0.05, 0) is 24.6 Å². The number of ether oxygens (including phenoxy) is 1. The van der Waals surface area contributed by atoms with Gasteiger partial charge in [0, 0.05) is 18.7 Å². The second-order valence-electron chi connectivity index (χ2n) is 3.69. The van der Waals surface area contributed by atoms with E-state index >= 15 is 0 Å². The van der Waals surface area contributed by atoms with Gasteiger partial charge in [-0.1, -0.05) is 6.07 Å². The Bertz CT molecular complexity index is 405. The third-order valence-electron chi connectivity index (χ3n) is 2.30. The molecule has 0 spiro atoms. The highest BCUT2D eigenvalue weighted by Crippen LogP contribution is 2.30. The summed E-state index contributed by atoms with van der Waals surface area (Å²) >= 11 is 0. The molecule has 1 rings (SSSR count). The number of methoxy groups -OCH3 is 1. The van der Waals surface area contributed by atoms with E-state index < -0.39 is 11.7 Å². The van der Waals surface area contributed by atoms with Crippen molar-refractivity contribution >= 4 is 11.7 Å². The molecule has 0 amide bonds. The van der Waals surface area contributed by atoms with Crippen LogP contribution in [-0.2, 0) is 15.7 Å². The maximum absolute atomic E-state index is 12.4. The average molecular weight is 261 g/mol. The lowest BCUT2D eigenvalue weighted by atomic mass is 10.2. The number of alkyl halides is 3. The number of anilines is 1. The fourth-order valence-corrected chi connectivity index (χ4v) is 1.37. The van der Waals surface area contributed by atoms with Gasteiger partial charge < -0.3 is 10.1 Å². The summed E-state index contributed by atoms with van der Waals surface area (Å²) in [5.74, 6) is -0.333. The van der Waals surface area contributed by atoms with Crippen LogP contribution in [0.3, 0.4) is 0 Å². The number of hydrogen-bond acceptors (Lipinski definition) is 3. The molecule has 100 valence electrons. The van der Waals surface area contributed by atoms with Gasteiger partial charge in [0.2, 0.25) is 0 Å². The highest BCUT2D eigenvalue weighted by Gasteiger charge is 2.30. The van der Waals surface area contributed by atoms with Crippen LogP contribution in [0.2, 0.25) is 0 Å². The summed E-state index contributed by atoms with van der Waals surface area (Å²) in [7, 11) is 1.29. The predicted octanol–water partition coefficient (Wildman–Crippen LogP) is 3.07. The summed E-state index contributed by atoms with van der Waals surface area (Å²) < 4.78 is 41.7. The largest absolute Gasteiger partial charge is 0.469 e. The first-order chi connectivity index (χ1) is 8.43. The molecule has 18 heavy (non-hydrogen) atoms. The molecule has 0 heterocycles. The standard InChI is InChI=1S/C12H14F3NO2/c1-18-11(17)6-3-7-16-10-5-2-4-9(8-10)12(13,14)15/h2,4-5,8,16H,3,6-7H2,1H3. The molecule has 0 aliphatic rings. The number of carbonyl (C=O) groups excluding carboxylic acids is 1. The molecule has 1 aromatic rings. The Hall–Kier alpha value is -1.72. The maximum atomic E-state index is 12.4. The van der Waals surface area contributed by atoms with Gasteiger partial charge in [0.05, 0.1) is 12.7 Å². The van der Waals surface area contributed by atoms with Gasteiger partial charge >= 0.3 is 12.1 Å². The van der Waals surface area contributed by atoms with Crippen LogP contribution in [0, 0.1) is 0 Å². The molecule has 0 aliphatic heterocycles. The molecule has 1 N–H and O–H groups in total. The van der Waals surface area contributed by atoms with Crippen molar-refractivity contribution in [2.24, 2.45) is 0 Å². The molecule has 0 fully saturated rings. The second kappa shape index (κ2) is 6.28. The molecular weight excluding hydrogens is 247 g/mol. The van der Waals surface area contributed by atoms with Crippen molar-refractivity contribution < 1.29 is 22.7 Å². The topological polar surface area (TPSA) is 38.3 Å². The summed E-state index contributed by atoms with van der Waals surface area (Å²) in [6, 6.07) is 4.94. The average Bonchev–Trinajstić information content (AvgIpc) is 2.33. The number of hydrogen-bond donors (Lipinski definition) is 1. The first kappa shape index (κ1) is 14.3. The first-order valence-corrected chi connectivity index (χ1v) is 5.41. The number of rotatable bonds is 5. The van der Waals surface area contributed by atoms with E-state index in [1.807, 2.05) is 0 Å². The molecule has 1 aromatic carbocycles. The lowest BCUT2D eigenvalue weighted by Crippen LogP contribution is -2.08. The third kappa shape index (κ3) is 4.65. The number of esters is 1. The van der Waals surface area contributed by atoms with Gasteiger partial charge in [0.25, 0.3) is 0 Å². The Balaban J connectivity index is 2.46. The van der Waals surface area contributed by atoms with E-state index in [2.05, 4.69) is 10.1 Å². The predicted molar refractivity (Wildman–Crippen MR) is 61.2 cm³/mol. The molecule has 3 nitrogen and oxygen atoms in total. The SMILES string of the molecule is COC(=O)CCCNc1cccc(C(F)(F)F)c1. The molecule has 0 aliphatic carbocycles. The van der Waals surface area contributed by atoms with Crippen LogP contribution in [0.15, 0.2) is 24.3 Å². The van der Waals surface area contributed by atoms with E-state index in [4.69, 9.17) is 0 Å². The van der Waals surface area contributed by atoms with Crippen molar-refractivity contribution in [1.82, 2.24) is 0 Å². The number of benzene rings is 1. The minimum atomic E-state index is -4.34. The van der Waals surface area contributed by atoms with Crippen LogP contribution in [0.5, 0.6) is 0 Å². The molecule has 0 unspecified atom stereocenters. The van der Waals surface area contributed by atoms with E-state index in [-0.39, 0.29) is 12.4 Å². The van der Waals surface area contributed by atoms with Crippen LogP contribution in [-0.4, -0.2) is 19.6 Å². The quantitative estimate of drug-likeness (QED) is 0.654. The molecule has 6 heteroatoms. The van der Waals surface area contributed by atoms with E-state index in [1.54, 1.807) is 6.07 Å². The monoisotopic (exact) mass is 261 g/mol. The van der Waals surface area contributed by atoms with Gasteiger partial charge in [-0.15, -0.1) is 0 Å². The lowest BCUT2D eigenvalue weighted by molar-refractivity contribution is -0.140. The summed E-state index contributed by atoms with van der Waals surface area (Å²) in [5.41, 5.74) is -0.310. The highest BCUT2D eigenvalue weighted by atomic mass is 19.4. The zero-order chi connectivity index (χ0) is 13.6. The van der Waals surface area contributed by atoms with Crippen molar-refractivity contribution in [3.63, 3.8) is 0 Å². The maximum Gasteiger partial charge on any atom is 0.416 e. The van der Waals surface area contributed by atoms with Crippen LogP contribution < -0.4 is 5.32 Å². The summed E-state index contributed by atoms with van der Waals surface area (Å²) in [6.45, 7) is 0.413. The first-order valence-electron chi connectivity index (χ1n) is 5.41. The summed E-state index contributed by atoms with van der Waals surface area (Å²) in [4.78, 5) is 10.8. The van der Waals surface area contributed by atoms with Crippen LogP contribution in [0.1, 0.15) is 18.4 Å². The van der Waals surface area contributed by atoms with Gasteiger partial charge in [-0.3, -0.25) is 4.79 Å². The Kier molecular flexibility index (Phi) is 5.00. The van der Waals surface area contributed by atoms with Gasteiger partial charge in [-0.2, -0.15) is 13.2 Å². The number of nitrogens with one attached hydrogen (secondary N) is 1. The zero-order valence-electron chi connectivity index (χ0n) is 9.88. The summed E-state index contributed by atoms with van der Waals surface area (Å²) in [5, 5.41) is 2.83. The molecule has 0 atom stereocenters. The van der Waals surface area contributed by atoms with Crippen molar-refractivity contribution in [3.05, 3.63) is 29.8 Å². The van der Waals surface area contributed by atoms with Crippen LogP contribution in [0.25, 0.3) is 0 Å². The molecule has 0 radical (unpaired) electrons. The van der Waals surface area contributed by atoms with E-state index in [9.17, 15) is 18.0 Å². The Morgan fingerprint density at radius 1 is 1.39 bits per heavy atom. The van der Waals surface area contributed by atoms with Gasteiger partial charge in [-0.25, -0.2) is 0 Å². The number of halogens is 3. The van der Waals surface area contributed by atoms with Crippen molar-refractivity contribution in [2.45, 2.75) is 19.0 Å². The normalized spacial score (nSPS) is 11.1. The minimum absolute atomic E-state index is 0.239. The fraction of sp³-hybridized carbons (Fsp3) is 0.417. The van der Waals surface area contributed by atoms with Crippen LogP contribution >= 0.6 is 0 Å². The van der Waals surface area contributed by atoms with Crippen molar-refractivity contribution in [3.8, 4) is 0 Å². The Morgan fingerprint density at radius 2 is 2.11 bits per heavy atom. The van der Waals surface area contributed by atoms with Gasteiger partial charge in [0.15, 0.2) is 0 Å². The van der Waals surface area contributed by atoms with Crippen molar-refractivity contribution in [1.29, 1.82) is 0 Å². The van der Waals surface area contributed by atoms with Crippen molar-refractivity contribution in [2.75, 3.05) is 19.0 Å². The summed E-state index contributed by atoms with van der Waals surface area (Å²) in [6.07, 6.45) is -3.60. The molecule has 0 aromatic heterocycles. The molecule has 0 bridgehead atoms. The smallest absolute Gasteiger partial charge is 0.416 e. The Labute approximate surface area is 103 Å².